The number of carbonyl (C=O) groups excluding carboxylic acids is 1. The van der Waals surface area contributed by atoms with Crippen LogP contribution in [0.15, 0.2) is 12.4 Å². The molecule has 0 radical (unpaired) electrons. The molecule has 1 N–H and O–H groups in total. The quantitative estimate of drug-likeness (QED) is 0.924. The topological polar surface area (TPSA) is 63.1 Å². The normalized spacial score (nSPS) is 15.7. The molecule has 130 valence electrons. The fourth-order valence-corrected chi connectivity index (χ4v) is 3.93. The summed E-state index contributed by atoms with van der Waals surface area (Å²) in [6, 6.07) is 0.0169. The van der Waals surface area contributed by atoms with Crippen molar-refractivity contribution in [1.29, 1.82) is 0 Å². The maximum Gasteiger partial charge on any atom is 0.317 e. The lowest BCUT2D eigenvalue weighted by Gasteiger charge is -2.31. The van der Waals surface area contributed by atoms with Crippen LogP contribution in [-0.4, -0.2) is 38.8 Å². The van der Waals surface area contributed by atoms with Gasteiger partial charge in [0.15, 0.2) is 0 Å². The Morgan fingerprint density at radius 1 is 1.38 bits per heavy atom. The van der Waals surface area contributed by atoms with Crippen molar-refractivity contribution in [1.82, 2.24) is 25.0 Å². The van der Waals surface area contributed by atoms with Gasteiger partial charge in [-0.15, -0.1) is 11.3 Å². The third-order valence-corrected chi connectivity index (χ3v) is 5.77. The summed E-state index contributed by atoms with van der Waals surface area (Å²) in [7, 11) is 0. The molecule has 1 fully saturated rings. The van der Waals surface area contributed by atoms with Gasteiger partial charge in [0, 0.05) is 30.7 Å². The molecule has 0 spiro atoms. The number of aryl methyl sites for hydroxylation is 3. The molecule has 1 aliphatic rings. The van der Waals surface area contributed by atoms with Crippen LogP contribution in [0.1, 0.15) is 46.8 Å². The second kappa shape index (κ2) is 7.34. The van der Waals surface area contributed by atoms with Crippen LogP contribution in [0.2, 0.25) is 0 Å². The van der Waals surface area contributed by atoms with E-state index in [4.69, 9.17) is 0 Å². The van der Waals surface area contributed by atoms with Gasteiger partial charge >= 0.3 is 6.03 Å². The maximum absolute atomic E-state index is 12.3. The highest BCUT2D eigenvalue weighted by atomic mass is 32.1. The molecular weight excluding hydrogens is 322 g/mol. The third-order valence-electron chi connectivity index (χ3n) is 4.69. The van der Waals surface area contributed by atoms with E-state index in [9.17, 15) is 4.79 Å². The van der Waals surface area contributed by atoms with Crippen LogP contribution in [0.5, 0.6) is 0 Å². The Morgan fingerprint density at radius 2 is 2.12 bits per heavy atom. The Balaban J connectivity index is 1.48. The van der Waals surface area contributed by atoms with Crippen LogP contribution in [0.25, 0.3) is 0 Å². The fourth-order valence-electron chi connectivity index (χ4n) is 3.06. The summed E-state index contributed by atoms with van der Waals surface area (Å²) >= 11 is 1.65. The number of carbonyl (C=O) groups is 1. The highest BCUT2D eigenvalue weighted by molar-refractivity contribution is 7.11. The van der Waals surface area contributed by atoms with Crippen LogP contribution >= 0.6 is 11.3 Å². The fraction of sp³-hybridized carbons (Fsp3) is 0.588. The first-order valence-electron chi connectivity index (χ1n) is 8.55. The zero-order valence-corrected chi connectivity index (χ0v) is 15.4. The second-order valence-electron chi connectivity index (χ2n) is 6.30. The summed E-state index contributed by atoms with van der Waals surface area (Å²) in [4.78, 5) is 19.9. The summed E-state index contributed by atoms with van der Waals surface area (Å²) in [5.41, 5.74) is 2.35. The number of nitrogens with zero attached hydrogens (tertiary/aromatic N) is 4. The number of hydrogen-bond acceptors (Lipinski definition) is 4. The van der Waals surface area contributed by atoms with Crippen LogP contribution < -0.4 is 5.32 Å². The van der Waals surface area contributed by atoms with E-state index in [1.165, 1.54) is 10.4 Å². The van der Waals surface area contributed by atoms with E-state index in [2.05, 4.69) is 35.4 Å². The lowest BCUT2D eigenvalue weighted by atomic mass is 9.92. The number of hydrogen-bond donors (Lipinski definition) is 1. The third kappa shape index (κ3) is 3.77. The first-order chi connectivity index (χ1) is 11.6. The van der Waals surface area contributed by atoms with Crippen molar-refractivity contribution in [2.24, 2.45) is 0 Å². The molecule has 6 nitrogen and oxygen atoms in total. The molecule has 0 aromatic carbocycles. The summed E-state index contributed by atoms with van der Waals surface area (Å²) in [6.45, 7) is 9.16. The summed E-state index contributed by atoms with van der Waals surface area (Å²) in [5, 5.41) is 8.32. The predicted octanol–water partition coefficient (Wildman–Crippen LogP) is 3.07. The van der Waals surface area contributed by atoms with Crippen molar-refractivity contribution in [3.8, 4) is 0 Å². The van der Waals surface area contributed by atoms with Crippen molar-refractivity contribution < 1.29 is 4.79 Å². The average molecular weight is 347 g/mol. The van der Waals surface area contributed by atoms with E-state index in [0.717, 1.165) is 43.2 Å². The summed E-state index contributed by atoms with van der Waals surface area (Å²) in [6.07, 6.45) is 6.10. The molecule has 0 aliphatic carbocycles. The number of likely N-dealkylation sites (tertiary alicyclic amines) is 1. The molecule has 1 aliphatic heterocycles. The molecule has 1 saturated heterocycles. The Labute approximate surface area is 146 Å². The summed E-state index contributed by atoms with van der Waals surface area (Å²) < 4.78 is 1.96. The van der Waals surface area contributed by atoms with Crippen molar-refractivity contribution in [3.63, 3.8) is 0 Å². The van der Waals surface area contributed by atoms with Gasteiger partial charge in [-0.1, -0.05) is 0 Å². The Bertz CT molecular complexity index is 680. The van der Waals surface area contributed by atoms with Gasteiger partial charge in [0.05, 0.1) is 18.4 Å². The minimum absolute atomic E-state index is 0.0169. The molecule has 3 heterocycles. The van der Waals surface area contributed by atoms with Gasteiger partial charge in [0.1, 0.15) is 5.01 Å². The lowest BCUT2D eigenvalue weighted by molar-refractivity contribution is 0.181. The molecule has 0 saturated carbocycles. The molecule has 24 heavy (non-hydrogen) atoms. The lowest BCUT2D eigenvalue weighted by Crippen LogP contribution is -2.43. The molecule has 2 aromatic heterocycles. The van der Waals surface area contributed by atoms with Crippen LogP contribution in [0.4, 0.5) is 4.79 Å². The molecule has 0 atom stereocenters. The van der Waals surface area contributed by atoms with E-state index < -0.39 is 0 Å². The van der Waals surface area contributed by atoms with Crippen molar-refractivity contribution in [2.75, 3.05) is 13.1 Å². The highest BCUT2D eigenvalue weighted by Crippen LogP contribution is 2.27. The van der Waals surface area contributed by atoms with Gasteiger partial charge in [-0.2, -0.15) is 5.10 Å². The monoisotopic (exact) mass is 347 g/mol. The van der Waals surface area contributed by atoms with Gasteiger partial charge in [-0.05, 0) is 45.1 Å². The number of rotatable bonds is 4. The molecule has 7 heteroatoms. The molecule has 2 aromatic rings. The van der Waals surface area contributed by atoms with Crippen LogP contribution in [0, 0.1) is 13.8 Å². The first kappa shape index (κ1) is 17.0. The molecular formula is C17H25N5OS. The van der Waals surface area contributed by atoms with Gasteiger partial charge in [-0.3, -0.25) is 4.68 Å². The highest BCUT2D eigenvalue weighted by Gasteiger charge is 2.24. The number of piperidine rings is 1. The van der Waals surface area contributed by atoms with Crippen molar-refractivity contribution in [3.05, 3.63) is 33.5 Å². The SMILES string of the molecule is CCn1cc(C2CCN(C(=O)NCc3nc(C)c(C)s3)CC2)cn1. The van der Waals surface area contributed by atoms with E-state index in [1.54, 1.807) is 11.3 Å². The standard InChI is InChI=1S/C17H25N5OS/c1-4-22-11-15(9-19-22)14-5-7-21(8-6-14)17(23)18-10-16-20-12(2)13(3)24-16/h9,11,14H,4-8,10H2,1-3H3,(H,18,23). The molecule has 0 unspecified atom stereocenters. The number of aromatic nitrogens is 3. The Morgan fingerprint density at radius 3 is 2.71 bits per heavy atom. The number of amides is 2. The zero-order chi connectivity index (χ0) is 17.1. The van der Waals surface area contributed by atoms with Gasteiger partial charge in [0.25, 0.3) is 0 Å². The predicted molar refractivity (Wildman–Crippen MR) is 95.3 cm³/mol. The van der Waals surface area contributed by atoms with Gasteiger partial charge in [-0.25, -0.2) is 9.78 Å². The molecule has 2 amide bonds. The number of nitrogens with one attached hydrogen (secondary N) is 1. The van der Waals surface area contributed by atoms with Crippen LogP contribution in [-0.2, 0) is 13.1 Å². The Hall–Kier alpha value is -1.89. The van der Waals surface area contributed by atoms with Crippen molar-refractivity contribution >= 4 is 17.4 Å². The Kier molecular flexibility index (Phi) is 5.18. The van der Waals surface area contributed by atoms with E-state index >= 15 is 0 Å². The molecule has 0 bridgehead atoms. The molecule has 3 rings (SSSR count). The minimum atomic E-state index is 0.0169. The zero-order valence-electron chi connectivity index (χ0n) is 14.6. The van der Waals surface area contributed by atoms with E-state index in [0.29, 0.717) is 12.5 Å². The van der Waals surface area contributed by atoms with Gasteiger partial charge in [0.2, 0.25) is 0 Å². The second-order valence-corrected chi connectivity index (χ2v) is 7.59. The maximum atomic E-state index is 12.3. The number of thiazole rings is 1. The smallest absolute Gasteiger partial charge is 0.317 e. The van der Waals surface area contributed by atoms with E-state index in [-0.39, 0.29) is 6.03 Å². The largest absolute Gasteiger partial charge is 0.331 e. The van der Waals surface area contributed by atoms with Crippen LogP contribution in [0.3, 0.4) is 0 Å². The first-order valence-corrected chi connectivity index (χ1v) is 9.36. The van der Waals surface area contributed by atoms with E-state index in [1.807, 2.05) is 22.7 Å². The number of urea groups is 1. The van der Waals surface area contributed by atoms with Crippen molar-refractivity contribution in [2.45, 2.75) is 52.6 Å². The van der Waals surface area contributed by atoms with Gasteiger partial charge < -0.3 is 10.2 Å². The average Bonchev–Trinajstić information content (AvgIpc) is 3.20. The summed E-state index contributed by atoms with van der Waals surface area (Å²) in [5.74, 6) is 0.513. The minimum Gasteiger partial charge on any atom is -0.331 e.